The monoisotopic (exact) mass is 334 g/mol. The molecule has 2 rings (SSSR count). The molecule has 0 saturated heterocycles. The molecule has 23 heavy (non-hydrogen) atoms. The van der Waals surface area contributed by atoms with E-state index in [1.54, 1.807) is 0 Å². The molecule has 0 unspecified atom stereocenters. The summed E-state index contributed by atoms with van der Waals surface area (Å²) in [6.07, 6.45) is 1.70. The summed E-state index contributed by atoms with van der Waals surface area (Å²) >= 11 is 5.93. The summed E-state index contributed by atoms with van der Waals surface area (Å²) in [5.41, 5.74) is 3.63. The lowest BCUT2D eigenvalue weighted by Gasteiger charge is -2.15. The number of para-hydroxylation sites is 1. The van der Waals surface area contributed by atoms with Gasteiger partial charge in [-0.15, -0.1) is 0 Å². The van der Waals surface area contributed by atoms with Gasteiger partial charge in [0, 0.05) is 5.69 Å². The lowest BCUT2D eigenvalue weighted by Crippen LogP contribution is -2.23. The number of aryl methyl sites for hydroxylation is 2. The van der Waals surface area contributed by atoms with Gasteiger partial charge in [0.15, 0.2) is 0 Å². The van der Waals surface area contributed by atoms with Crippen LogP contribution in [0.3, 0.4) is 0 Å². The van der Waals surface area contributed by atoms with Crippen molar-refractivity contribution < 1.29 is 9.18 Å². The fourth-order valence-electron chi connectivity index (χ4n) is 2.40. The van der Waals surface area contributed by atoms with Gasteiger partial charge >= 0.3 is 0 Å². The summed E-state index contributed by atoms with van der Waals surface area (Å²) in [7, 11) is 0. The van der Waals surface area contributed by atoms with E-state index in [-0.39, 0.29) is 17.5 Å². The zero-order valence-corrected chi connectivity index (χ0v) is 14.0. The number of nitrogens with one attached hydrogen (secondary N) is 2. The predicted octanol–water partition coefficient (Wildman–Crippen LogP) is 4.65. The second kappa shape index (κ2) is 7.97. The van der Waals surface area contributed by atoms with Crippen LogP contribution in [0.1, 0.15) is 25.0 Å². The largest absolute Gasteiger partial charge is 0.375 e. The van der Waals surface area contributed by atoms with Crippen molar-refractivity contribution >= 4 is 28.9 Å². The summed E-state index contributed by atoms with van der Waals surface area (Å²) < 4.78 is 13.0. The summed E-state index contributed by atoms with van der Waals surface area (Å²) in [5.74, 6) is -0.574. The molecular formula is C18H20ClFN2O. The number of hydrogen-bond donors (Lipinski definition) is 2. The van der Waals surface area contributed by atoms with E-state index in [9.17, 15) is 9.18 Å². The van der Waals surface area contributed by atoms with Gasteiger partial charge in [0.2, 0.25) is 5.91 Å². The van der Waals surface area contributed by atoms with Crippen LogP contribution in [0.4, 0.5) is 15.8 Å². The zero-order valence-electron chi connectivity index (χ0n) is 13.2. The van der Waals surface area contributed by atoms with Gasteiger partial charge in [0.05, 0.1) is 17.3 Å². The van der Waals surface area contributed by atoms with Crippen molar-refractivity contribution in [1.82, 2.24) is 0 Å². The molecule has 0 spiro atoms. The highest BCUT2D eigenvalue weighted by molar-refractivity contribution is 6.33. The number of carbonyl (C=O) groups is 1. The second-order valence-corrected chi connectivity index (χ2v) is 5.59. The molecule has 0 saturated carbocycles. The Morgan fingerprint density at radius 2 is 1.78 bits per heavy atom. The maximum atomic E-state index is 13.0. The molecule has 2 aromatic rings. The van der Waals surface area contributed by atoms with Crippen molar-refractivity contribution in [3.8, 4) is 0 Å². The topological polar surface area (TPSA) is 41.1 Å². The quantitative estimate of drug-likeness (QED) is 0.807. The number of hydrogen-bond acceptors (Lipinski definition) is 2. The average Bonchev–Trinajstić information content (AvgIpc) is 2.54. The molecule has 5 heteroatoms. The van der Waals surface area contributed by atoms with Gasteiger partial charge in [-0.05, 0) is 42.2 Å². The highest BCUT2D eigenvalue weighted by Crippen LogP contribution is 2.24. The number of benzene rings is 2. The van der Waals surface area contributed by atoms with Crippen LogP contribution < -0.4 is 10.6 Å². The maximum absolute atomic E-state index is 13.0. The van der Waals surface area contributed by atoms with E-state index in [1.165, 1.54) is 18.2 Å². The molecular weight excluding hydrogens is 315 g/mol. The summed E-state index contributed by atoms with van der Waals surface area (Å²) in [6, 6.07) is 10.1. The third-order valence-electron chi connectivity index (χ3n) is 3.63. The average molecular weight is 335 g/mol. The van der Waals surface area contributed by atoms with Crippen LogP contribution in [0.2, 0.25) is 5.02 Å². The van der Waals surface area contributed by atoms with Crippen LogP contribution in [0.25, 0.3) is 0 Å². The van der Waals surface area contributed by atoms with Gasteiger partial charge < -0.3 is 10.6 Å². The molecule has 0 aliphatic carbocycles. The van der Waals surface area contributed by atoms with E-state index in [2.05, 4.69) is 24.5 Å². The van der Waals surface area contributed by atoms with Crippen LogP contribution in [-0.2, 0) is 17.6 Å². The van der Waals surface area contributed by atoms with Gasteiger partial charge in [-0.1, -0.05) is 43.6 Å². The van der Waals surface area contributed by atoms with E-state index >= 15 is 0 Å². The number of amides is 1. The van der Waals surface area contributed by atoms with E-state index in [0.717, 1.165) is 29.7 Å². The Hall–Kier alpha value is -2.07. The number of halogens is 2. The first-order chi connectivity index (χ1) is 11.0. The van der Waals surface area contributed by atoms with Gasteiger partial charge in [0.25, 0.3) is 0 Å². The molecule has 0 atom stereocenters. The standard InChI is InChI=1S/C18H20ClFN2O/c1-3-12-6-5-7-13(4-2)18(12)22-17(23)11-21-16-9-8-14(20)10-15(16)19/h5-10,21H,3-4,11H2,1-2H3,(H,22,23). The van der Waals surface area contributed by atoms with Gasteiger partial charge in [-0.25, -0.2) is 4.39 Å². The lowest BCUT2D eigenvalue weighted by atomic mass is 10.0. The molecule has 2 N–H and O–H groups in total. The van der Waals surface area contributed by atoms with Crippen LogP contribution in [0.5, 0.6) is 0 Å². The molecule has 2 aromatic carbocycles. The normalized spacial score (nSPS) is 10.4. The number of carbonyl (C=O) groups excluding carboxylic acids is 1. The van der Waals surface area contributed by atoms with E-state index in [4.69, 9.17) is 11.6 Å². The van der Waals surface area contributed by atoms with Crippen LogP contribution in [0, 0.1) is 5.82 Å². The highest BCUT2D eigenvalue weighted by atomic mass is 35.5. The molecule has 3 nitrogen and oxygen atoms in total. The van der Waals surface area contributed by atoms with Crippen LogP contribution in [0.15, 0.2) is 36.4 Å². The van der Waals surface area contributed by atoms with Gasteiger partial charge in [0.1, 0.15) is 5.82 Å². The zero-order chi connectivity index (χ0) is 16.8. The third kappa shape index (κ3) is 4.45. The van der Waals surface area contributed by atoms with Crippen molar-refractivity contribution in [2.75, 3.05) is 17.2 Å². The molecule has 0 aliphatic rings. The van der Waals surface area contributed by atoms with E-state index in [1.807, 2.05) is 18.2 Å². The summed E-state index contributed by atoms with van der Waals surface area (Å²) in [5, 5.41) is 6.14. The number of anilines is 2. The van der Waals surface area contributed by atoms with Crippen molar-refractivity contribution in [1.29, 1.82) is 0 Å². The van der Waals surface area contributed by atoms with Gasteiger partial charge in [-0.3, -0.25) is 4.79 Å². The molecule has 0 fully saturated rings. The maximum Gasteiger partial charge on any atom is 0.243 e. The van der Waals surface area contributed by atoms with E-state index < -0.39 is 5.82 Å². The van der Waals surface area contributed by atoms with Crippen LogP contribution in [-0.4, -0.2) is 12.5 Å². The van der Waals surface area contributed by atoms with Crippen LogP contribution >= 0.6 is 11.6 Å². The molecule has 0 aromatic heterocycles. The Bertz CT molecular complexity index is 681. The fraction of sp³-hybridized carbons (Fsp3) is 0.278. The summed E-state index contributed by atoms with van der Waals surface area (Å²) in [4.78, 5) is 12.2. The van der Waals surface area contributed by atoms with Crippen molar-refractivity contribution in [3.05, 3.63) is 58.4 Å². The van der Waals surface area contributed by atoms with Crippen molar-refractivity contribution in [2.24, 2.45) is 0 Å². The van der Waals surface area contributed by atoms with Crippen molar-refractivity contribution in [3.63, 3.8) is 0 Å². The molecule has 0 aliphatic heterocycles. The fourth-order valence-corrected chi connectivity index (χ4v) is 2.63. The van der Waals surface area contributed by atoms with Crippen molar-refractivity contribution in [2.45, 2.75) is 26.7 Å². The SMILES string of the molecule is CCc1cccc(CC)c1NC(=O)CNc1ccc(F)cc1Cl. The number of rotatable bonds is 6. The molecule has 1 amide bonds. The molecule has 0 radical (unpaired) electrons. The Morgan fingerprint density at radius 1 is 1.13 bits per heavy atom. The minimum Gasteiger partial charge on any atom is -0.375 e. The Morgan fingerprint density at radius 3 is 2.35 bits per heavy atom. The van der Waals surface area contributed by atoms with Gasteiger partial charge in [-0.2, -0.15) is 0 Å². The summed E-state index contributed by atoms with van der Waals surface area (Å²) in [6.45, 7) is 4.18. The Kier molecular flexibility index (Phi) is 5.99. The Balaban J connectivity index is 2.05. The molecule has 0 bridgehead atoms. The third-order valence-corrected chi connectivity index (χ3v) is 3.95. The minimum absolute atomic E-state index is 0.0621. The lowest BCUT2D eigenvalue weighted by molar-refractivity contribution is -0.114. The molecule has 0 heterocycles. The van der Waals surface area contributed by atoms with E-state index in [0.29, 0.717) is 5.69 Å². The first kappa shape index (κ1) is 17.3. The molecule has 122 valence electrons. The minimum atomic E-state index is -0.408. The first-order valence-corrected chi connectivity index (χ1v) is 8.02. The first-order valence-electron chi connectivity index (χ1n) is 7.64. The smallest absolute Gasteiger partial charge is 0.243 e. The Labute approximate surface area is 140 Å². The second-order valence-electron chi connectivity index (χ2n) is 5.18. The predicted molar refractivity (Wildman–Crippen MR) is 93.7 cm³/mol. The highest BCUT2D eigenvalue weighted by Gasteiger charge is 2.10.